The van der Waals surface area contributed by atoms with Crippen molar-refractivity contribution in [3.05, 3.63) is 94.5 Å². The van der Waals surface area contributed by atoms with E-state index < -0.39 is 28.5 Å². The third-order valence-corrected chi connectivity index (χ3v) is 8.03. The molecule has 0 bridgehead atoms. The number of halogens is 1. The van der Waals surface area contributed by atoms with Crippen molar-refractivity contribution in [2.45, 2.75) is 39.8 Å². The summed E-state index contributed by atoms with van der Waals surface area (Å²) in [7, 11) is -2.48. The van der Waals surface area contributed by atoms with E-state index in [1.165, 1.54) is 12.0 Å². The predicted molar refractivity (Wildman–Crippen MR) is 164 cm³/mol. The zero-order chi connectivity index (χ0) is 30.2. The Hall–Kier alpha value is -3.56. The maximum Gasteiger partial charge on any atom is 0.244 e. The Kier molecular flexibility index (Phi) is 11.2. The molecule has 0 radical (unpaired) electrons. The summed E-state index contributed by atoms with van der Waals surface area (Å²) in [5.74, 6) is -0.387. The second-order valence-corrected chi connectivity index (χ2v) is 12.7. The summed E-state index contributed by atoms with van der Waals surface area (Å²) < 4.78 is 32.6. The molecule has 0 aromatic heterocycles. The highest BCUT2D eigenvalue weighted by molar-refractivity contribution is 7.92. The van der Waals surface area contributed by atoms with Gasteiger partial charge < -0.3 is 15.0 Å². The van der Waals surface area contributed by atoms with Gasteiger partial charge in [-0.1, -0.05) is 80.0 Å². The van der Waals surface area contributed by atoms with Gasteiger partial charge in [-0.15, -0.1) is 0 Å². The molecule has 0 saturated heterocycles. The molecular weight excluding hydrogens is 562 g/mol. The summed E-state index contributed by atoms with van der Waals surface area (Å²) in [6, 6.07) is 20.7. The Balaban J connectivity index is 2.10. The Morgan fingerprint density at radius 3 is 2.27 bits per heavy atom. The Labute approximate surface area is 248 Å². The number of sulfonamides is 1. The first-order valence-electron chi connectivity index (χ1n) is 13.4. The van der Waals surface area contributed by atoms with Crippen LogP contribution in [0.2, 0.25) is 5.02 Å². The number of nitrogens with one attached hydrogen (secondary N) is 1. The first kappa shape index (κ1) is 32.0. The van der Waals surface area contributed by atoms with Crippen LogP contribution >= 0.6 is 11.6 Å². The maximum absolute atomic E-state index is 14.2. The number of carbonyl (C=O) groups is 2. The van der Waals surface area contributed by atoms with E-state index in [0.717, 1.165) is 21.7 Å². The summed E-state index contributed by atoms with van der Waals surface area (Å²) in [6.07, 6.45) is 1.27. The molecule has 10 heteroatoms. The standard InChI is InChI=1S/C31H38ClN3O5S/c1-22(2)19-33-31(37)28(18-24-11-7-6-8-12-24)34(20-25-13-9-10-14-26(25)32)30(36)21-35(41(5,38)39)27-17-23(3)15-16-29(27)40-4/h6-17,22,28H,18-21H2,1-5H3,(H,33,37). The minimum absolute atomic E-state index is 0.00760. The molecule has 0 saturated carbocycles. The fourth-order valence-electron chi connectivity index (χ4n) is 4.38. The lowest BCUT2D eigenvalue weighted by Gasteiger charge is -2.34. The van der Waals surface area contributed by atoms with Crippen LogP contribution in [0.4, 0.5) is 5.69 Å². The molecule has 220 valence electrons. The summed E-state index contributed by atoms with van der Waals surface area (Å²) in [4.78, 5) is 29.3. The van der Waals surface area contributed by atoms with E-state index in [9.17, 15) is 18.0 Å². The van der Waals surface area contributed by atoms with E-state index in [2.05, 4.69) is 5.32 Å². The van der Waals surface area contributed by atoms with Crippen molar-refractivity contribution in [3.63, 3.8) is 0 Å². The summed E-state index contributed by atoms with van der Waals surface area (Å²) in [6.45, 7) is 5.69. The molecule has 8 nitrogen and oxygen atoms in total. The van der Waals surface area contributed by atoms with Crippen molar-refractivity contribution in [3.8, 4) is 5.75 Å². The van der Waals surface area contributed by atoms with Crippen LogP contribution in [-0.4, -0.2) is 57.6 Å². The van der Waals surface area contributed by atoms with Gasteiger partial charge in [0.05, 0.1) is 19.1 Å². The van der Waals surface area contributed by atoms with Crippen LogP contribution in [-0.2, 0) is 32.6 Å². The van der Waals surface area contributed by atoms with Crippen molar-refractivity contribution in [2.75, 3.05) is 30.8 Å². The Morgan fingerprint density at radius 1 is 1.00 bits per heavy atom. The van der Waals surface area contributed by atoms with E-state index in [1.54, 1.807) is 42.5 Å². The minimum atomic E-state index is -3.92. The van der Waals surface area contributed by atoms with Gasteiger partial charge in [0.2, 0.25) is 21.8 Å². The van der Waals surface area contributed by atoms with Crippen molar-refractivity contribution in [2.24, 2.45) is 5.92 Å². The molecule has 0 aliphatic carbocycles. The molecule has 1 unspecified atom stereocenters. The van der Waals surface area contributed by atoms with Gasteiger partial charge in [0, 0.05) is 24.5 Å². The fourth-order valence-corrected chi connectivity index (χ4v) is 5.42. The van der Waals surface area contributed by atoms with Crippen LogP contribution in [0.1, 0.15) is 30.5 Å². The van der Waals surface area contributed by atoms with Gasteiger partial charge in [-0.2, -0.15) is 0 Å². The summed E-state index contributed by atoms with van der Waals surface area (Å²) >= 11 is 6.49. The number of aryl methyl sites for hydroxylation is 1. The lowest BCUT2D eigenvalue weighted by Crippen LogP contribution is -2.53. The SMILES string of the molecule is COc1ccc(C)cc1N(CC(=O)N(Cc1ccccc1Cl)C(Cc1ccccc1)C(=O)NCC(C)C)S(C)(=O)=O. The van der Waals surface area contributed by atoms with E-state index in [1.807, 2.05) is 51.1 Å². The monoisotopic (exact) mass is 599 g/mol. The molecule has 1 N–H and O–H groups in total. The summed E-state index contributed by atoms with van der Waals surface area (Å²) in [5.41, 5.74) is 2.53. The number of amides is 2. The van der Waals surface area contributed by atoms with Gasteiger partial charge in [-0.3, -0.25) is 13.9 Å². The predicted octanol–water partition coefficient (Wildman–Crippen LogP) is 4.84. The van der Waals surface area contributed by atoms with Gasteiger partial charge in [0.15, 0.2) is 0 Å². The van der Waals surface area contributed by atoms with E-state index in [0.29, 0.717) is 22.9 Å². The van der Waals surface area contributed by atoms with Gasteiger partial charge in [0.25, 0.3) is 0 Å². The number of anilines is 1. The van der Waals surface area contributed by atoms with Crippen molar-refractivity contribution >= 4 is 39.1 Å². The molecule has 0 aliphatic rings. The fraction of sp³-hybridized carbons (Fsp3) is 0.355. The van der Waals surface area contributed by atoms with Gasteiger partial charge in [-0.25, -0.2) is 8.42 Å². The maximum atomic E-state index is 14.2. The second kappa shape index (κ2) is 14.4. The van der Waals surface area contributed by atoms with Gasteiger partial charge >= 0.3 is 0 Å². The van der Waals surface area contributed by atoms with Crippen LogP contribution in [0.15, 0.2) is 72.8 Å². The zero-order valence-electron chi connectivity index (χ0n) is 24.1. The van der Waals surface area contributed by atoms with Crippen LogP contribution in [0.3, 0.4) is 0 Å². The first-order chi connectivity index (χ1) is 19.4. The van der Waals surface area contributed by atoms with Gasteiger partial charge in [-0.05, 0) is 47.7 Å². The molecule has 1 atom stereocenters. The Bertz CT molecular complexity index is 1450. The van der Waals surface area contributed by atoms with Crippen LogP contribution < -0.4 is 14.4 Å². The average molecular weight is 600 g/mol. The molecule has 0 fully saturated rings. The summed E-state index contributed by atoms with van der Waals surface area (Å²) in [5, 5.41) is 3.40. The molecule has 3 rings (SSSR count). The number of ether oxygens (including phenoxy) is 1. The third kappa shape index (κ3) is 8.96. The topological polar surface area (TPSA) is 96.0 Å². The molecule has 41 heavy (non-hydrogen) atoms. The van der Waals surface area contributed by atoms with Crippen molar-refractivity contribution in [1.29, 1.82) is 0 Å². The quantitative estimate of drug-likeness (QED) is 0.303. The number of nitrogens with zero attached hydrogens (tertiary/aromatic N) is 2. The first-order valence-corrected chi connectivity index (χ1v) is 15.6. The van der Waals surface area contributed by atoms with E-state index >= 15 is 0 Å². The van der Waals surface area contributed by atoms with Gasteiger partial charge in [0.1, 0.15) is 18.3 Å². The molecule has 2 amide bonds. The van der Waals surface area contributed by atoms with Crippen LogP contribution in [0, 0.1) is 12.8 Å². The van der Waals surface area contributed by atoms with Crippen molar-refractivity contribution < 1.29 is 22.7 Å². The molecular formula is C31H38ClN3O5S. The van der Waals surface area contributed by atoms with Crippen LogP contribution in [0.5, 0.6) is 5.75 Å². The highest BCUT2D eigenvalue weighted by atomic mass is 35.5. The molecule has 3 aromatic carbocycles. The smallest absolute Gasteiger partial charge is 0.244 e. The largest absolute Gasteiger partial charge is 0.495 e. The third-order valence-electron chi connectivity index (χ3n) is 6.54. The number of methoxy groups -OCH3 is 1. The minimum Gasteiger partial charge on any atom is -0.495 e. The lowest BCUT2D eigenvalue weighted by molar-refractivity contribution is -0.140. The number of carbonyl (C=O) groups excluding carboxylic acids is 2. The van der Waals surface area contributed by atoms with Crippen molar-refractivity contribution in [1.82, 2.24) is 10.2 Å². The number of hydrogen-bond acceptors (Lipinski definition) is 5. The zero-order valence-corrected chi connectivity index (χ0v) is 25.7. The highest BCUT2D eigenvalue weighted by Crippen LogP contribution is 2.31. The average Bonchev–Trinajstić information content (AvgIpc) is 2.93. The number of benzene rings is 3. The molecule has 0 aliphatic heterocycles. The highest BCUT2D eigenvalue weighted by Gasteiger charge is 2.34. The number of rotatable bonds is 13. The van der Waals surface area contributed by atoms with Crippen LogP contribution in [0.25, 0.3) is 0 Å². The molecule has 0 heterocycles. The molecule has 3 aromatic rings. The Morgan fingerprint density at radius 2 is 1.66 bits per heavy atom. The number of hydrogen-bond donors (Lipinski definition) is 1. The lowest BCUT2D eigenvalue weighted by atomic mass is 10.0. The van der Waals surface area contributed by atoms with E-state index in [-0.39, 0.29) is 30.5 Å². The van der Waals surface area contributed by atoms with E-state index in [4.69, 9.17) is 16.3 Å². The second-order valence-electron chi connectivity index (χ2n) is 10.4. The normalized spacial score (nSPS) is 12.1. The molecule has 0 spiro atoms.